The molecule has 0 bridgehead atoms. The number of hydrogen-bond donors (Lipinski definition) is 1. The molecule has 4 heteroatoms. The van der Waals surface area contributed by atoms with Crippen LogP contribution in [-0.4, -0.2) is 19.0 Å². The molecule has 0 fully saturated rings. The molecule has 2 N–H and O–H groups in total. The van der Waals surface area contributed by atoms with E-state index in [9.17, 15) is 4.39 Å². The standard InChI is InChI=1S/C12H13FN2O/c1-8-7-16-11(6-14)15-12(8)9-3-2-4-10(13)5-9/h2-5,12H,1,6-7,14H2. The lowest BCUT2D eigenvalue weighted by Crippen LogP contribution is -2.25. The smallest absolute Gasteiger partial charge is 0.198 e. The second kappa shape index (κ2) is 4.45. The van der Waals surface area contributed by atoms with Crippen molar-refractivity contribution < 1.29 is 9.13 Å². The van der Waals surface area contributed by atoms with Gasteiger partial charge in [0.25, 0.3) is 0 Å². The van der Waals surface area contributed by atoms with Gasteiger partial charge in [-0.2, -0.15) is 0 Å². The minimum absolute atomic E-state index is 0.247. The Hall–Kier alpha value is -1.68. The summed E-state index contributed by atoms with van der Waals surface area (Å²) in [5.74, 6) is 0.211. The molecular weight excluding hydrogens is 207 g/mol. The minimum atomic E-state index is -0.277. The fourth-order valence-corrected chi connectivity index (χ4v) is 1.63. The molecule has 0 amide bonds. The van der Waals surface area contributed by atoms with Crippen molar-refractivity contribution in [2.75, 3.05) is 13.2 Å². The highest BCUT2D eigenvalue weighted by molar-refractivity contribution is 5.79. The zero-order valence-corrected chi connectivity index (χ0v) is 8.82. The second-order valence-corrected chi connectivity index (χ2v) is 3.63. The number of hydrogen-bond acceptors (Lipinski definition) is 3. The maximum atomic E-state index is 13.1. The van der Waals surface area contributed by atoms with E-state index >= 15 is 0 Å². The predicted octanol–water partition coefficient (Wildman–Crippen LogP) is 1.81. The fraction of sp³-hybridized carbons (Fsp3) is 0.250. The first-order chi connectivity index (χ1) is 7.70. The molecule has 84 valence electrons. The molecule has 16 heavy (non-hydrogen) atoms. The first-order valence-electron chi connectivity index (χ1n) is 5.03. The van der Waals surface area contributed by atoms with Crippen LogP contribution >= 0.6 is 0 Å². The van der Waals surface area contributed by atoms with E-state index in [0.29, 0.717) is 12.5 Å². The third-order valence-corrected chi connectivity index (χ3v) is 2.42. The van der Waals surface area contributed by atoms with E-state index in [-0.39, 0.29) is 18.4 Å². The van der Waals surface area contributed by atoms with Gasteiger partial charge in [0.05, 0.1) is 6.54 Å². The first-order valence-corrected chi connectivity index (χ1v) is 5.03. The van der Waals surface area contributed by atoms with Crippen molar-refractivity contribution in [3.63, 3.8) is 0 Å². The van der Waals surface area contributed by atoms with E-state index in [1.807, 2.05) is 6.07 Å². The molecule has 1 aliphatic heterocycles. The van der Waals surface area contributed by atoms with Crippen LogP contribution in [0.4, 0.5) is 4.39 Å². The first kappa shape index (κ1) is 10.8. The Labute approximate surface area is 93.4 Å². The fourth-order valence-electron chi connectivity index (χ4n) is 1.63. The quantitative estimate of drug-likeness (QED) is 0.773. The van der Waals surface area contributed by atoms with Crippen LogP contribution in [0.2, 0.25) is 0 Å². The monoisotopic (exact) mass is 220 g/mol. The topological polar surface area (TPSA) is 47.6 Å². The van der Waals surface area contributed by atoms with Gasteiger partial charge >= 0.3 is 0 Å². The van der Waals surface area contributed by atoms with Gasteiger partial charge in [-0.1, -0.05) is 18.7 Å². The summed E-state index contributed by atoms with van der Waals surface area (Å²) in [6, 6.07) is 6.09. The van der Waals surface area contributed by atoms with Crippen molar-refractivity contribution in [2.45, 2.75) is 6.04 Å². The Balaban J connectivity index is 2.34. The summed E-state index contributed by atoms with van der Waals surface area (Å²) in [5.41, 5.74) is 7.04. The average Bonchev–Trinajstić information content (AvgIpc) is 2.30. The number of benzene rings is 1. The number of nitrogens with zero attached hydrogens (tertiary/aromatic N) is 1. The lowest BCUT2D eigenvalue weighted by molar-refractivity contribution is 0.306. The van der Waals surface area contributed by atoms with E-state index < -0.39 is 0 Å². The minimum Gasteiger partial charge on any atom is -0.475 e. The third kappa shape index (κ3) is 2.12. The van der Waals surface area contributed by atoms with Gasteiger partial charge in [-0.3, -0.25) is 0 Å². The Morgan fingerprint density at radius 1 is 1.56 bits per heavy atom. The molecule has 0 saturated carbocycles. The molecule has 1 aromatic rings. The summed E-state index contributed by atoms with van der Waals surface area (Å²) >= 11 is 0. The predicted molar refractivity (Wildman–Crippen MR) is 60.7 cm³/mol. The number of halogens is 1. The summed E-state index contributed by atoms with van der Waals surface area (Å²) in [5, 5.41) is 0. The molecular formula is C12H13FN2O. The van der Waals surface area contributed by atoms with Gasteiger partial charge in [0, 0.05) is 0 Å². The Bertz CT molecular complexity index is 442. The largest absolute Gasteiger partial charge is 0.475 e. The molecule has 2 rings (SSSR count). The van der Waals surface area contributed by atoms with Gasteiger partial charge in [-0.25, -0.2) is 9.38 Å². The zero-order valence-electron chi connectivity index (χ0n) is 8.82. The Kier molecular flexibility index (Phi) is 3.01. The highest BCUT2D eigenvalue weighted by Crippen LogP contribution is 2.28. The van der Waals surface area contributed by atoms with Crippen LogP contribution < -0.4 is 5.73 Å². The van der Waals surface area contributed by atoms with Crippen LogP contribution in [0.25, 0.3) is 0 Å². The number of ether oxygens (including phenoxy) is 1. The van der Waals surface area contributed by atoms with Gasteiger partial charge in [-0.05, 0) is 23.3 Å². The molecule has 0 aromatic heterocycles. The van der Waals surface area contributed by atoms with Crippen molar-refractivity contribution in [3.8, 4) is 0 Å². The molecule has 1 aromatic carbocycles. The van der Waals surface area contributed by atoms with Crippen LogP contribution in [-0.2, 0) is 4.74 Å². The van der Waals surface area contributed by atoms with E-state index in [0.717, 1.165) is 11.1 Å². The van der Waals surface area contributed by atoms with Crippen LogP contribution in [0, 0.1) is 5.82 Å². The molecule has 0 saturated heterocycles. The van der Waals surface area contributed by atoms with E-state index in [4.69, 9.17) is 10.5 Å². The number of nitrogens with two attached hydrogens (primary N) is 1. The van der Waals surface area contributed by atoms with Crippen LogP contribution in [0.5, 0.6) is 0 Å². The normalized spacial score (nSPS) is 20.2. The van der Waals surface area contributed by atoms with Gasteiger partial charge < -0.3 is 10.5 Å². The number of aliphatic imine (C=N–C) groups is 1. The molecule has 3 nitrogen and oxygen atoms in total. The average molecular weight is 220 g/mol. The Morgan fingerprint density at radius 3 is 3.06 bits per heavy atom. The van der Waals surface area contributed by atoms with Crippen molar-refractivity contribution in [3.05, 3.63) is 47.8 Å². The van der Waals surface area contributed by atoms with Crippen molar-refractivity contribution in [1.29, 1.82) is 0 Å². The maximum absolute atomic E-state index is 13.1. The lowest BCUT2D eigenvalue weighted by Gasteiger charge is -2.23. The molecule has 0 aliphatic carbocycles. The molecule has 1 atom stereocenters. The van der Waals surface area contributed by atoms with Crippen LogP contribution in [0.1, 0.15) is 11.6 Å². The second-order valence-electron chi connectivity index (χ2n) is 3.63. The van der Waals surface area contributed by atoms with Gasteiger partial charge in [0.2, 0.25) is 0 Å². The Morgan fingerprint density at radius 2 is 2.38 bits per heavy atom. The van der Waals surface area contributed by atoms with Crippen molar-refractivity contribution in [2.24, 2.45) is 10.7 Å². The highest BCUT2D eigenvalue weighted by atomic mass is 19.1. The van der Waals surface area contributed by atoms with Gasteiger partial charge in [0.15, 0.2) is 5.90 Å². The van der Waals surface area contributed by atoms with Crippen molar-refractivity contribution in [1.82, 2.24) is 0 Å². The SMILES string of the molecule is C=C1COC(CN)=NC1c1cccc(F)c1. The summed E-state index contributed by atoms with van der Waals surface area (Å²) < 4.78 is 18.3. The molecule has 1 unspecified atom stereocenters. The highest BCUT2D eigenvalue weighted by Gasteiger charge is 2.20. The number of rotatable bonds is 2. The van der Waals surface area contributed by atoms with Crippen molar-refractivity contribution >= 4 is 5.90 Å². The van der Waals surface area contributed by atoms with E-state index in [1.54, 1.807) is 6.07 Å². The van der Waals surface area contributed by atoms with Crippen LogP contribution in [0.15, 0.2) is 41.4 Å². The maximum Gasteiger partial charge on any atom is 0.198 e. The van der Waals surface area contributed by atoms with Gasteiger partial charge in [-0.15, -0.1) is 0 Å². The van der Waals surface area contributed by atoms with Gasteiger partial charge in [0.1, 0.15) is 18.5 Å². The third-order valence-electron chi connectivity index (χ3n) is 2.42. The summed E-state index contributed by atoms with van der Waals surface area (Å²) in [6.07, 6.45) is 0. The summed E-state index contributed by atoms with van der Waals surface area (Å²) in [6.45, 7) is 4.51. The van der Waals surface area contributed by atoms with E-state index in [2.05, 4.69) is 11.6 Å². The molecule has 0 spiro atoms. The van der Waals surface area contributed by atoms with Crippen LogP contribution in [0.3, 0.4) is 0 Å². The molecule has 1 heterocycles. The summed E-state index contributed by atoms with van der Waals surface area (Å²) in [4.78, 5) is 4.30. The summed E-state index contributed by atoms with van der Waals surface area (Å²) in [7, 11) is 0. The molecule has 1 aliphatic rings. The zero-order chi connectivity index (χ0) is 11.5. The lowest BCUT2D eigenvalue weighted by atomic mass is 10.00. The van der Waals surface area contributed by atoms with E-state index in [1.165, 1.54) is 12.1 Å². The molecule has 0 radical (unpaired) electrons.